The molecular weight excluding hydrogens is 735 g/mol. The van der Waals surface area contributed by atoms with E-state index in [1.807, 2.05) is 11.3 Å². The molecule has 0 amide bonds. The SMILES string of the molecule is CC1(C)C2=C(CCC=C2)c2c1cc1c3cc4c(c5c(n4-c4nc(-c6cccc7c6sc6ccccc67)c6ccccc6n4)C=CCC5)c4cccc(c5cccc2c51)c34. The molecule has 8 aromatic carbocycles. The maximum atomic E-state index is 5.65. The first kappa shape index (κ1) is 32.3. The summed E-state index contributed by atoms with van der Waals surface area (Å²) in [6.45, 7) is 4.86. The third-order valence-electron chi connectivity index (χ3n) is 14.1. The lowest BCUT2D eigenvalue weighted by Gasteiger charge is -2.25. The maximum absolute atomic E-state index is 5.65. The molecule has 0 radical (unpaired) electrons. The predicted molar refractivity (Wildman–Crippen MR) is 252 cm³/mol. The Balaban J connectivity index is 1.13. The highest BCUT2D eigenvalue weighted by Gasteiger charge is 2.39. The number of thiophene rings is 1. The molecule has 14 rings (SSSR count). The smallest absolute Gasteiger partial charge is 0.235 e. The van der Waals surface area contributed by atoms with E-state index in [0.717, 1.165) is 53.8 Å². The normalized spacial score (nSPS) is 16.0. The van der Waals surface area contributed by atoms with Crippen LogP contribution in [-0.4, -0.2) is 14.5 Å². The number of hydrogen-bond acceptors (Lipinski definition) is 3. The summed E-state index contributed by atoms with van der Waals surface area (Å²) in [4.78, 5) is 11.1. The Kier molecular flexibility index (Phi) is 6.20. The van der Waals surface area contributed by atoms with Gasteiger partial charge in [-0.1, -0.05) is 123 Å². The van der Waals surface area contributed by atoms with Crippen molar-refractivity contribution in [2.45, 2.75) is 44.9 Å². The molecule has 3 aromatic heterocycles. The third-order valence-corrected chi connectivity index (χ3v) is 15.3. The molecule has 3 nitrogen and oxygen atoms in total. The lowest BCUT2D eigenvalue weighted by atomic mass is 9.78. The Bertz CT molecular complexity index is 3810. The van der Waals surface area contributed by atoms with Gasteiger partial charge in [-0.25, -0.2) is 9.97 Å². The molecule has 0 saturated carbocycles. The molecule has 278 valence electrons. The van der Waals surface area contributed by atoms with E-state index in [1.54, 1.807) is 5.57 Å². The zero-order valence-electron chi connectivity index (χ0n) is 32.9. The Morgan fingerprint density at radius 3 is 2.19 bits per heavy atom. The minimum atomic E-state index is -0.0703. The van der Waals surface area contributed by atoms with Crippen molar-refractivity contribution in [1.82, 2.24) is 14.5 Å². The van der Waals surface area contributed by atoms with Crippen LogP contribution in [0.4, 0.5) is 0 Å². The lowest BCUT2D eigenvalue weighted by Crippen LogP contribution is -2.16. The van der Waals surface area contributed by atoms with Crippen LogP contribution in [0.2, 0.25) is 0 Å². The minimum Gasteiger partial charge on any atom is -0.278 e. The zero-order chi connectivity index (χ0) is 38.7. The van der Waals surface area contributed by atoms with Crippen molar-refractivity contribution in [2.24, 2.45) is 0 Å². The fourth-order valence-electron chi connectivity index (χ4n) is 11.6. The second kappa shape index (κ2) is 11.3. The van der Waals surface area contributed by atoms with Gasteiger partial charge in [0.05, 0.1) is 22.4 Å². The van der Waals surface area contributed by atoms with Crippen LogP contribution in [0.25, 0.3) is 114 Å². The van der Waals surface area contributed by atoms with E-state index in [-0.39, 0.29) is 5.41 Å². The molecule has 0 fully saturated rings. The number of rotatable bonds is 2. The highest BCUT2D eigenvalue weighted by Crippen LogP contribution is 2.55. The summed E-state index contributed by atoms with van der Waals surface area (Å²) in [7, 11) is 0. The van der Waals surface area contributed by atoms with Gasteiger partial charge in [0.15, 0.2) is 0 Å². The summed E-state index contributed by atoms with van der Waals surface area (Å²) >= 11 is 1.86. The van der Waals surface area contributed by atoms with Crippen LogP contribution in [0.1, 0.15) is 55.5 Å². The van der Waals surface area contributed by atoms with Crippen LogP contribution in [0.15, 0.2) is 139 Å². The standard InChI is InChI=1S/C55H37N3S/c1-55(2)42-24-7-3-15-34(42)50-37-21-11-18-31-32-19-12-22-38-49(32)41(40(48(31)37)28-43(50)55)29-46-51(38)36-17-5-9-26-45(36)58(46)54-56-44-25-8-4-16-35(44)52(57-54)39-23-13-20-33-30-14-6-10-27-47(30)59-53(33)39/h4,6-14,16,18-29H,3,5,15,17H2,1-2H3. The van der Waals surface area contributed by atoms with Crippen molar-refractivity contribution in [2.75, 3.05) is 0 Å². The molecule has 0 spiro atoms. The van der Waals surface area contributed by atoms with Gasteiger partial charge >= 0.3 is 0 Å². The van der Waals surface area contributed by atoms with Gasteiger partial charge in [-0.15, -0.1) is 11.3 Å². The van der Waals surface area contributed by atoms with Crippen molar-refractivity contribution in [3.63, 3.8) is 0 Å². The van der Waals surface area contributed by atoms with E-state index in [1.165, 1.54) is 102 Å². The molecule has 0 aliphatic heterocycles. The molecule has 59 heavy (non-hydrogen) atoms. The van der Waals surface area contributed by atoms with Gasteiger partial charge in [0.2, 0.25) is 5.95 Å². The zero-order valence-corrected chi connectivity index (χ0v) is 33.7. The molecule has 0 N–H and O–H groups in total. The number of fused-ring (bicyclic) bond motifs is 13. The molecule has 3 aliphatic rings. The van der Waals surface area contributed by atoms with Crippen LogP contribution in [-0.2, 0) is 11.8 Å². The van der Waals surface area contributed by atoms with Crippen LogP contribution >= 0.6 is 11.3 Å². The van der Waals surface area contributed by atoms with Gasteiger partial charge < -0.3 is 0 Å². The predicted octanol–water partition coefficient (Wildman–Crippen LogP) is 15.0. The Morgan fingerprint density at radius 1 is 0.593 bits per heavy atom. The molecule has 0 unspecified atom stereocenters. The average molecular weight is 772 g/mol. The summed E-state index contributed by atoms with van der Waals surface area (Å²) in [6.07, 6.45) is 13.6. The molecular formula is C55H37N3S. The third kappa shape index (κ3) is 4.07. The molecule has 0 atom stereocenters. The quantitative estimate of drug-likeness (QED) is 0.129. The average Bonchev–Trinajstić information content (AvgIpc) is 3.90. The van der Waals surface area contributed by atoms with Crippen LogP contribution in [0.3, 0.4) is 0 Å². The molecule has 0 saturated heterocycles. The number of hydrogen-bond donors (Lipinski definition) is 0. The Morgan fingerprint density at radius 2 is 1.29 bits per heavy atom. The van der Waals surface area contributed by atoms with Crippen LogP contribution in [0.5, 0.6) is 0 Å². The van der Waals surface area contributed by atoms with Crippen molar-refractivity contribution in [3.05, 3.63) is 161 Å². The van der Waals surface area contributed by atoms with E-state index >= 15 is 0 Å². The number of aromatic nitrogens is 3. The Labute approximate surface area is 344 Å². The summed E-state index contributed by atoms with van der Waals surface area (Å²) in [5.74, 6) is 0.720. The number of benzene rings is 8. The number of nitrogens with zero attached hydrogens (tertiary/aromatic N) is 3. The van der Waals surface area contributed by atoms with Crippen LogP contribution in [0, 0.1) is 0 Å². The molecule has 11 aromatic rings. The topological polar surface area (TPSA) is 30.7 Å². The first-order chi connectivity index (χ1) is 29.0. The van der Waals surface area contributed by atoms with Crippen molar-refractivity contribution < 1.29 is 0 Å². The van der Waals surface area contributed by atoms with Gasteiger partial charge in [-0.3, -0.25) is 4.57 Å². The van der Waals surface area contributed by atoms with Gasteiger partial charge in [-0.05, 0) is 127 Å². The van der Waals surface area contributed by atoms with E-state index in [2.05, 4.69) is 158 Å². The lowest BCUT2D eigenvalue weighted by molar-refractivity contribution is 0.652. The second-order valence-electron chi connectivity index (χ2n) is 17.4. The molecule has 3 heterocycles. The maximum Gasteiger partial charge on any atom is 0.235 e. The van der Waals surface area contributed by atoms with Gasteiger partial charge in [0.25, 0.3) is 0 Å². The number of aryl methyl sites for hydroxylation is 1. The largest absolute Gasteiger partial charge is 0.278 e. The highest BCUT2D eigenvalue weighted by molar-refractivity contribution is 7.26. The second-order valence-corrected chi connectivity index (χ2v) is 18.4. The summed E-state index contributed by atoms with van der Waals surface area (Å²) in [5.41, 5.74) is 12.7. The Hall–Kier alpha value is -6.62. The first-order valence-electron chi connectivity index (χ1n) is 21.0. The fraction of sp³-hybridized carbons (Fsp3) is 0.127. The van der Waals surface area contributed by atoms with Gasteiger partial charge in [0, 0.05) is 41.9 Å². The van der Waals surface area contributed by atoms with E-state index < -0.39 is 0 Å². The van der Waals surface area contributed by atoms with E-state index in [4.69, 9.17) is 9.97 Å². The van der Waals surface area contributed by atoms with Crippen molar-refractivity contribution in [3.8, 4) is 17.2 Å². The number of para-hydroxylation sites is 1. The van der Waals surface area contributed by atoms with Gasteiger partial charge in [0.1, 0.15) is 0 Å². The fourth-order valence-corrected chi connectivity index (χ4v) is 12.8. The molecule has 4 heteroatoms. The minimum absolute atomic E-state index is 0.0703. The first-order valence-corrected chi connectivity index (χ1v) is 21.8. The number of allylic oxidation sites excluding steroid dienone is 5. The van der Waals surface area contributed by atoms with Crippen molar-refractivity contribution in [1.29, 1.82) is 0 Å². The van der Waals surface area contributed by atoms with E-state index in [9.17, 15) is 0 Å². The molecule has 3 aliphatic carbocycles. The summed E-state index contributed by atoms with van der Waals surface area (Å²) < 4.78 is 4.95. The van der Waals surface area contributed by atoms with Gasteiger partial charge in [-0.2, -0.15) is 0 Å². The highest BCUT2D eigenvalue weighted by atomic mass is 32.1. The monoisotopic (exact) mass is 771 g/mol. The van der Waals surface area contributed by atoms with Crippen molar-refractivity contribution >= 4 is 108 Å². The summed E-state index contributed by atoms with van der Waals surface area (Å²) in [6, 6.07) is 43.1. The summed E-state index contributed by atoms with van der Waals surface area (Å²) in [5, 5.41) is 15.7. The molecule has 0 bridgehead atoms. The van der Waals surface area contributed by atoms with Crippen LogP contribution < -0.4 is 0 Å². The van der Waals surface area contributed by atoms with E-state index in [0.29, 0.717) is 0 Å².